The first-order valence-electron chi connectivity index (χ1n) is 5.95. The summed E-state index contributed by atoms with van der Waals surface area (Å²) in [5, 5.41) is 8.97. The van der Waals surface area contributed by atoms with Crippen LogP contribution >= 0.6 is 0 Å². The molecule has 1 fully saturated rings. The lowest BCUT2D eigenvalue weighted by Gasteiger charge is -2.27. The predicted molar refractivity (Wildman–Crippen MR) is 65.5 cm³/mol. The van der Waals surface area contributed by atoms with Crippen LogP contribution in [0.25, 0.3) is 0 Å². The third-order valence-electron chi connectivity index (χ3n) is 3.34. The molecule has 2 rings (SSSR count). The Balaban J connectivity index is 2.03. The maximum atomic E-state index is 10.9. The molecule has 0 bridgehead atoms. The number of nitrogens with two attached hydrogens (primary N) is 1. The van der Waals surface area contributed by atoms with Gasteiger partial charge in [-0.1, -0.05) is 30.3 Å². The Kier molecular flexibility index (Phi) is 3.76. The van der Waals surface area contributed by atoms with Crippen LogP contribution < -0.4 is 5.73 Å². The van der Waals surface area contributed by atoms with Crippen molar-refractivity contribution in [3.63, 3.8) is 0 Å². The molecule has 1 aliphatic heterocycles. The normalized spacial score (nSPS) is 22.5. The van der Waals surface area contributed by atoms with Gasteiger partial charge in [-0.15, -0.1) is 0 Å². The van der Waals surface area contributed by atoms with Gasteiger partial charge in [0.1, 0.15) is 6.04 Å². The summed E-state index contributed by atoms with van der Waals surface area (Å²) in [6.07, 6.45) is 1.90. The summed E-state index contributed by atoms with van der Waals surface area (Å²) < 4.78 is 0. The van der Waals surface area contributed by atoms with Crippen molar-refractivity contribution in [1.29, 1.82) is 0 Å². The van der Waals surface area contributed by atoms with Gasteiger partial charge in [-0.2, -0.15) is 0 Å². The Morgan fingerprint density at radius 2 is 2.18 bits per heavy atom. The van der Waals surface area contributed by atoms with Crippen molar-refractivity contribution in [1.82, 2.24) is 4.90 Å². The van der Waals surface area contributed by atoms with Crippen molar-refractivity contribution in [2.75, 3.05) is 6.54 Å². The van der Waals surface area contributed by atoms with Crippen LogP contribution in [0.4, 0.5) is 0 Å². The minimum atomic E-state index is -0.907. The molecule has 1 aromatic rings. The molecular weight excluding hydrogens is 216 g/mol. The van der Waals surface area contributed by atoms with Gasteiger partial charge in [0.25, 0.3) is 0 Å². The third-order valence-corrected chi connectivity index (χ3v) is 3.34. The molecule has 17 heavy (non-hydrogen) atoms. The van der Waals surface area contributed by atoms with E-state index in [1.54, 1.807) is 0 Å². The minimum Gasteiger partial charge on any atom is -0.480 e. The molecule has 0 spiro atoms. The highest BCUT2D eigenvalue weighted by atomic mass is 16.4. The molecular formula is C13H18N2O2. The molecule has 1 heterocycles. The second-order valence-corrected chi connectivity index (χ2v) is 4.53. The van der Waals surface area contributed by atoms with Crippen molar-refractivity contribution in [3.8, 4) is 0 Å². The number of hydrogen-bond acceptors (Lipinski definition) is 3. The van der Waals surface area contributed by atoms with Crippen molar-refractivity contribution in [2.45, 2.75) is 31.5 Å². The van der Waals surface area contributed by atoms with Crippen molar-refractivity contribution in [3.05, 3.63) is 35.9 Å². The summed E-state index contributed by atoms with van der Waals surface area (Å²) in [7, 11) is 0. The number of likely N-dealkylation sites (tertiary alicyclic amines) is 1. The van der Waals surface area contributed by atoms with Gasteiger partial charge < -0.3 is 10.8 Å². The van der Waals surface area contributed by atoms with E-state index in [1.165, 1.54) is 5.56 Å². The molecule has 0 saturated carbocycles. The summed E-state index contributed by atoms with van der Waals surface area (Å²) in [5.74, 6) is -0.907. The SMILES string of the molecule is NC(C(=O)O)C1CCCN1Cc1ccccc1. The number of benzene rings is 1. The van der Waals surface area contributed by atoms with E-state index in [1.807, 2.05) is 18.2 Å². The van der Waals surface area contributed by atoms with Crippen LogP contribution in [0.3, 0.4) is 0 Å². The maximum Gasteiger partial charge on any atom is 0.322 e. The van der Waals surface area contributed by atoms with Gasteiger partial charge in [0, 0.05) is 12.6 Å². The first kappa shape index (κ1) is 12.1. The molecule has 4 nitrogen and oxygen atoms in total. The second kappa shape index (κ2) is 5.29. The largest absolute Gasteiger partial charge is 0.480 e. The Morgan fingerprint density at radius 1 is 1.47 bits per heavy atom. The van der Waals surface area contributed by atoms with Gasteiger partial charge in [0.2, 0.25) is 0 Å². The average Bonchev–Trinajstić information content (AvgIpc) is 2.77. The van der Waals surface area contributed by atoms with Gasteiger partial charge in [0.15, 0.2) is 0 Å². The Morgan fingerprint density at radius 3 is 2.82 bits per heavy atom. The molecule has 0 aromatic heterocycles. The maximum absolute atomic E-state index is 10.9. The number of nitrogens with zero attached hydrogens (tertiary/aromatic N) is 1. The zero-order chi connectivity index (χ0) is 12.3. The van der Waals surface area contributed by atoms with E-state index in [2.05, 4.69) is 17.0 Å². The molecule has 1 aromatic carbocycles. The smallest absolute Gasteiger partial charge is 0.322 e. The van der Waals surface area contributed by atoms with Crippen LogP contribution in [0.1, 0.15) is 18.4 Å². The van der Waals surface area contributed by atoms with E-state index in [0.29, 0.717) is 0 Å². The Hall–Kier alpha value is -1.39. The fraction of sp³-hybridized carbons (Fsp3) is 0.462. The zero-order valence-corrected chi connectivity index (χ0v) is 9.75. The molecule has 92 valence electrons. The van der Waals surface area contributed by atoms with Gasteiger partial charge in [0.05, 0.1) is 0 Å². The van der Waals surface area contributed by atoms with Crippen LogP contribution in [0, 0.1) is 0 Å². The van der Waals surface area contributed by atoms with E-state index in [9.17, 15) is 4.79 Å². The number of carboxylic acids is 1. The summed E-state index contributed by atoms with van der Waals surface area (Å²) in [6.45, 7) is 1.72. The van der Waals surface area contributed by atoms with Crippen molar-refractivity contribution in [2.24, 2.45) is 5.73 Å². The molecule has 3 N–H and O–H groups in total. The number of aliphatic carboxylic acids is 1. The van der Waals surface area contributed by atoms with Gasteiger partial charge >= 0.3 is 5.97 Å². The summed E-state index contributed by atoms with van der Waals surface area (Å²) in [6, 6.07) is 9.28. The molecule has 0 radical (unpaired) electrons. The molecule has 2 atom stereocenters. The molecule has 1 saturated heterocycles. The number of hydrogen-bond donors (Lipinski definition) is 2. The Bertz CT molecular complexity index is 380. The molecule has 2 unspecified atom stereocenters. The van der Waals surface area contributed by atoms with E-state index in [4.69, 9.17) is 10.8 Å². The topological polar surface area (TPSA) is 66.6 Å². The highest BCUT2D eigenvalue weighted by Gasteiger charge is 2.33. The molecule has 0 amide bonds. The average molecular weight is 234 g/mol. The first-order chi connectivity index (χ1) is 8.18. The number of rotatable bonds is 4. The second-order valence-electron chi connectivity index (χ2n) is 4.53. The lowest BCUT2D eigenvalue weighted by atomic mass is 10.1. The quantitative estimate of drug-likeness (QED) is 0.817. The van der Waals surface area contributed by atoms with Crippen LogP contribution in [-0.2, 0) is 11.3 Å². The van der Waals surface area contributed by atoms with E-state index < -0.39 is 12.0 Å². The number of carbonyl (C=O) groups is 1. The number of carboxylic acid groups (broad SMARTS) is 1. The van der Waals surface area contributed by atoms with Gasteiger partial charge in [-0.3, -0.25) is 9.69 Å². The van der Waals surface area contributed by atoms with Crippen molar-refractivity contribution < 1.29 is 9.90 Å². The first-order valence-corrected chi connectivity index (χ1v) is 5.95. The summed E-state index contributed by atoms with van der Waals surface area (Å²) in [5.41, 5.74) is 6.93. The highest BCUT2D eigenvalue weighted by molar-refractivity contribution is 5.74. The van der Waals surface area contributed by atoms with Crippen LogP contribution in [0.2, 0.25) is 0 Å². The Labute approximate surface area is 101 Å². The van der Waals surface area contributed by atoms with Crippen LogP contribution in [0.15, 0.2) is 30.3 Å². The van der Waals surface area contributed by atoms with Crippen molar-refractivity contribution >= 4 is 5.97 Å². The zero-order valence-electron chi connectivity index (χ0n) is 9.75. The lowest BCUT2D eigenvalue weighted by Crippen LogP contribution is -2.48. The third kappa shape index (κ3) is 2.84. The monoisotopic (exact) mass is 234 g/mol. The van der Waals surface area contributed by atoms with Gasteiger partial charge in [-0.25, -0.2) is 0 Å². The standard InChI is InChI=1S/C13H18N2O2/c14-12(13(16)17)11-7-4-8-15(11)9-10-5-2-1-3-6-10/h1-3,5-6,11-12H,4,7-9,14H2,(H,16,17). The summed E-state index contributed by atoms with van der Waals surface area (Å²) in [4.78, 5) is 13.1. The van der Waals surface area contributed by atoms with Gasteiger partial charge in [-0.05, 0) is 24.9 Å². The predicted octanol–water partition coefficient (Wildman–Crippen LogP) is 1.06. The fourth-order valence-corrected chi connectivity index (χ4v) is 2.44. The molecule has 4 heteroatoms. The summed E-state index contributed by atoms with van der Waals surface area (Å²) >= 11 is 0. The van der Waals surface area contributed by atoms with Crippen LogP contribution in [-0.4, -0.2) is 34.6 Å². The minimum absolute atomic E-state index is 0.0345. The van der Waals surface area contributed by atoms with E-state index in [-0.39, 0.29) is 6.04 Å². The molecule has 0 aliphatic carbocycles. The van der Waals surface area contributed by atoms with E-state index >= 15 is 0 Å². The van der Waals surface area contributed by atoms with Crippen LogP contribution in [0.5, 0.6) is 0 Å². The lowest BCUT2D eigenvalue weighted by molar-refractivity contribution is -0.140. The fourth-order valence-electron chi connectivity index (χ4n) is 2.44. The molecule has 1 aliphatic rings. The highest BCUT2D eigenvalue weighted by Crippen LogP contribution is 2.21. The van der Waals surface area contributed by atoms with E-state index in [0.717, 1.165) is 25.9 Å².